The van der Waals surface area contributed by atoms with Crippen LogP contribution in [-0.4, -0.2) is 23.7 Å². The number of carbonyl (C=O) groups excluding carboxylic acids is 1. The summed E-state index contributed by atoms with van der Waals surface area (Å²) in [5.41, 5.74) is 1.55. The minimum atomic E-state index is -0.0419. The van der Waals surface area contributed by atoms with Crippen molar-refractivity contribution in [2.75, 3.05) is 6.61 Å². The number of aliphatic hydroxyl groups excluding tert-OH is 1. The Morgan fingerprint density at radius 3 is 2.40 bits per heavy atom. The Kier molecular flexibility index (Phi) is 6.07. The van der Waals surface area contributed by atoms with Gasteiger partial charge in [-0.1, -0.05) is 36.4 Å². The molecule has 132 valence electrons. The van der Waals surface area contributed by atoms with Gasteiger partial charge in [0.15, 0.2) is 0 Å². The molecule has 0 saturated heterocycles. The van der Waals surface area contributed by atoms with Gasteiger partial charge in [-0.3, -0.25) is 4.79 Å². The van der Waals surface area contributed by atoms with Gasteiger partial charge in [-0.25, -0.2) is 0 Å². The summed E-state index contributed by atoms with van der Waals surface area (Å²) >= 11 is 0. The SMILES string of the molecule is O=C(NC1CCC(CO)CC1)c1ccccc1COc1ccccc1. The van der Waals surface area contributed by atoms with Crippen LogP contribution in [0.3, 0.4) is 0 Å². The number of amides is 1. The molecule has 1 fully saturated rings. The van der Waals surface area contributed by atoms with Gasteiger partial charge in [0.2, 0.25) is 0 Å². The molecule has 2 aromatic carbocycles. The number of para-hydroxylation sites is 1. The van der Waals surface area contributed by atoms with Crippen molar-refractivity contribution in [3.8, 4) is 5.75 Å². The van der Waals surface area contributed by atoms with E-state index in [1.807, 2.05) is 54.6 Å². The van der Waals surface area contributed by atoms with Crippen molar-refractivity contribution in [1.82, 2.24) is 5.32 Å². The first-order chi connectivity index (χ1) is 12.3. The van der Waals surface area contributed by atoms with Gasteiger partial charge in [0.05, 0.1) is 0 Å². The second-order valence-corrected chi connectivity index (χ2v) is 6.63. The van der Waals surface area contributed by atoms with Gasteiger partial charge in [0.25, 0.3) is 5.91 Å². The highest BCUT2D eigenvalue weighted by molar-refractivity contribution is 5.95. The molecule has 1 aliphatic carbocycles. The number of hydrogen-bond acceptors (Lipinski definition) is 3. The molecule has 4 heteroatoms. The average Bonchev–Trinajstić information content (AvgIpc) is 2.68. The standard InChI is InChI=1S/C21H25NO3/c23-14-16-10-12-18(13-11-16)22-21(24)20-9-5-4-6-17(20)15-25-19-7-2-1-3-8-19/h1-9,16,18,23H,10-15H2,(H,22,24). The van der Waals surface area contributed by atoms with Crippen LogP contribution in [-0.2, 0) is 6.61 Å². The van der Waals surface area contributed by atoms with Crippen LogP contribution in [0.1, 0.15) is 41.6 Å². The fraction of sp³-hybridized carbons (Fsp3) is 0.381. The fourth-order valence-electron chi connectivity index (χ4n) is 3.30. The van der Waals surface area contributed by atoms with Crippen molar-refractivity contribution in [1.29, 1.82) is 0 Å². The molecule has 1 aliphatic rings. The van der Waals surface area contributed by atoms with Gasteiger partial charge in [-0.15, -0.1) is 0 Å². The van der Waals surface area contributed by atoms with E-state index in [0.717, 1.165) is 37.0 Å². The van der Waals surface area contributed by atoms with E-state index in [-0.39, 0.29) is 18.6 Å². The number of hydrogen-bond donors (Lipinski definition) is 2. The summed E-state index contributed by atoms with van der Waals surface area (Å²) in [7, 11) is 0. The summed E-state index contributed by atoms with van der Waals surface area (Å²) in [6, 6.07) is 17.4. The normalized spacial score (nSPS) is 20.0. The number of nitrogens with one attached hydrogen (secondary N) is 1. The Labute approximate surface area is 148 Å². The number of aliphatic hydroxyl groups is 1. The quantitative estimate of drug-likeness (QED) is 0.846. The first-order valence-corrected chi connectivity index (χ1v) is 8.93. The summed E-state index contributed by atoms with van der Waals surface area (Å²) < 4.78 is 5.79. The fourth-order valence-corrected chi connectivity index (χ4v) is 3.30. The summed E-state index contributed by atoms with van der Waals surface area (Å²) in [4.78, 5) is 12.7. The zero-order valence-corrected chi connectivity index (χ0v) is 14.4. The average molecular weight is 339 g/mol. The molecule has 0 heterocycles. The summed E-state index contributed by atoms with van der Waals surface area (Å²) in [5.74, 6) is 1.14. The maximum absolute atomic E-state index is 12.7. The molecule has 1 amide bonds. The molecule has 0 radical (unpaired) electrons. The van der Waals surface area contributed by atoms with Crippen molar-refractivity contribution < 1.29 is 14.6 Å². The van der Waals surface area contributed by atoms with Gasteiger partial charge < -0.3 is 15.2 Å². The topological polar surface area (TPSA) is 58.6 Å². The maximum Gasteiger partial charge on any atom is 0.251 e. The third-order valence-corrected chi connectivity index (χ3v) is 4.84. The molecule has 0 unspecified atom stereocenters. The third-order valence-electron chi connectivity index (χ3n) is 4.84. The summed E-state index contributed by atoms with van der Waals surface area (Å²) in [6.45, 7) is 0.616. The Morgan fingerprint density at radius 2 is 1.68 bits per heavy atom. The second-order valence-electron chi connectivity index (χ2n) is 6.63. The number of rotatable bonds is 6. The van der Waals surface area contributed by atoms with E-state index < -0.39 is 0 Å². The monoisotopic (exact) mass is 339 g/mol. The van der Waals surface area contributed by atoms with Crippen molar-refractivity contribution in [2.24, 2.45) is 5.92 Å². The van der Waals surface area contributed by atoms with Crippen LogP contribution in [0, 0.1) is 5.92 Å². The zero-order chi connectivity index (χ0) is 17.5. The van der Waals surface area contributed by atoms with Crippen LogP contribution in [0.4, 0.5) is 0 Å². The minimum absolute atomic E-state index is 0.0419. The van der Waals surface area contributed by atoms with Crippen LogP contribution >= 0.6 is 0 Å². The van der Waals surface area contributed by atoms with Crippen LogP contribution in [0.15, 0.2) is 54.6 Å². The van der Waals surface area contributed by atoms with E-state index in [1.165, 1.54) is 0 Å². The largest absolute Gasteiger partial charge is 0.489 e. The lowest BCUT2D eigenvalue weighted by Crippen LogP contribution is -2.38. The zero-order valence-electron chi connectivity index (χ0n) is 14.4. The van der Waals surface area contributed by atoms with E-state index in [9.17, 15) is 9.90 Å². The number of ether oxygens (including phenoxy) is 1. The molecule has 0 atom stereocenters. The molecule has 0 spiro atoms. The Bertz CT molecular complexity index is 679. The third kappa shape index (κ3) is 4.83. The predicted octanol–water partition coefficient (Wildman–Crippen LogP) is 3.55. The highest BCUT2D eigenvalue weighted by Crippen LogP contribution is 2.24. The first-order valence-electron chi connectivity index (χ1n) is 8.93. The second kappa shape index (κ2) is 8.67. The molecule has 3 rings (SSSR count). The van der Waals surface area contributed by atoms with Crippen molar-refractivity contribution in [3.63, 3.8) is 0 Å². The van der Waals surface area contributed by atoms with Gasteiger partial charge in [0, 0.05) is 23.8 Å². The van der Waals surface area contributed by atoms with Gasteiger partial charge in [-0.05, 0) is 49.8 Å². The Hall–Kier alpha value is -2.33. The lowest BCUT2D eigenvalue weighted by atomic mass is 9.86. The summed E-state index contributed by atoms with van der Waals surface area (Å²) in [6.07, 6.45) is 3.81. The summed E-state index contributed by atoms with van der Waals surface area (Å²) in [5, 5.41) is 12.4. The molecule has 4 nitrogen and oxygen atoms in total. The molecule has 0 aromatic heterocycles. The Balaban J connectivity index is 1.61. The van der Waals surface area contributed by atoms with E-state index in [1.54, 1.807) is 0 Å². The van der Waals surface area contributed by atoms with Gasteiger partial charge in [-0.2, -0.15) is 0 Å². The Morgan fingerprint density at radius 1 is 1.00 bits per heavy atom. The van der Waals surface area contributed by atoms with Crippen LogP contribution in [0.5, 0.6) is 5.75 Å². The molecule has 2 N–H and O–H groups in total. The van der Waals surface area contributed by atoms with Crippen molar-refractivity contribution >= 4 is 5.91 Å². The van der Waals surface area contributed by atoms with Crippen LogP contribution in [0.25, 0.3) is 0 Å². The smallest absolute Gasteiger partial charge is 0.251 e. The number of carbonyl (C=O) groups is 1. The van der Waals surface area contributed by atoms with Crippen molar-refractivity contribution in [3.05, 3.63) is 65.7 Å². The van der Waals surface area contributed by atoms with E-state index in [4.69, 9.17) is 4.74 Å². The molecule has 0 aliphatic heterocycles. The van der Waals surface area contributed by atoms with E-state index >= 15 is 0 Å². The lowest BCUT2D eigenvalue weighted by Gasteiger charge is -2.28. The van der Waals surface area contributed by atoms with Crippen LogP contribution in [0.2, 0.25) is 0 Å². The molecule has 0 bridgehead atoms. The van der Waals surface area contributed by atoms with Crippen molar-refractivity contribution in [2.45, 2.75) is 38.3 Å². The van der Waals surface area contributed by atoms with E-state index in [2.05, 4.69) is 5.32 Å². The number of benzene rings is 2. The molecule has 25 heavy (non-hydrogen) atoms. The van der Waals surface area contributed by atoms with Crippen LogP contribution < -0.4 is 10.1 Å². The highest BCUT2D eigenvalue weighted by atomic mass is 16.5. The predicted molar refractivity (Wildman–Crippen MR) is 97.5 cm³/mol. The highest BCUT2D eigenvalue weighted by Gasteiger charge is 2.23. The lowest BCUT2D eigenvalue weighted by molar-refractivity contribution is 0.0911. The maximum atomic E-state index is 12.7. The minimum Gasteiger partial charge on any atom is -0.489 e. The van der Waals surface area contributed by atoms with Gasteiger partial charge >= 0.3 is 0 Å². The molecular weight excluding hydrogens is 314 g/mol. The molecular formula is C21H25NO3. The first kappa shape index (κ1) is 17.5. The molecule has 1 saturated carbocycles. The van der Waals surface area contributed by atoms with Gasteiger partial charge in [0.1, 0.15) is 12.4 Å². The molecule has 2 aromatic rings. The van der Waals surface area contributed by atoms with E-state index in [0.29, 0.717) is 18.1 Å².